The molecule has 1 nitrogen and oxygen atoms in total. The minimum atomic E-state index is 1.10. The second kappa shape index (κ2) is 12.0. The highest BCUT2D eigenvalue weighted by Gasteiger charge is 2.02. The van der Waals surface area contributed by atoms with Crippen molar-refractivity contribution in [3.05, 3.63) is 35.9 Å². The second-order valence-electron chi connectivity index (χ2n) is 5.83. The van der Waals surface area contributed by atoms with Crippen molar-refractivity contribution in [2.45, 2.75) is 71.8 Å². The Morgan fingerprint density at radius 3 is 1.95 bits per heavy atom. The van der Waals surface area contributed by atoms with E-state index in [9.17, 15) is 0 Å². The summed E-state index contributed by atoms with van der Waals surface area (Å²) in [4.78, 5) is 2.56. The number of unbranched alkanes of at least 4 members (excludes halogenated alkanes) is 7. The number of benzene rings is 1. The van der Waals surface area contributed by atoms with Gasteiger partial charge in [-0.25, -0.2) is 0 Å². The van der Waals surface area contributed by atoms with Crippen molar-refractivity contribution >= 4 is 0 Å². The van der Waals surface area contributed by atoms with Gasteiger partial charge in [-0.1, -0.05) is 89.1 Å². The molecule has 0 saturated heterocycles. The van der Waals surface area contributed by atoms with E-state index in [1.165, 1.54) is 63.5 Å². The van der Waals surface area contributed by atoms with Crippen LogP contribution in [0.25, 0.3) is 0 Å². The van der Waals surface area contributed by atoms with Gasteiger partial charge in [-0.3, -0.25) is 4.90 Å². The van der Waals surface area contributed by atoms with Crippen molar-refractivity contribution in [1.29, 1.82) is 0 Å². The zero-order valence-electron chi connectivity index (χ0n) is 13.6. The summed E-state index contributed by atoms with van der Waals surface area (Å²) in [5, 5.41) is 0. The molecule has 1 aromatic rings. The third-order valence-corrected chi connectivity index (χ3v) is 4.02. The molecule has 0 aromatic heterocycles. The molecule has 1 rings (SSSR count). The predicted octanol–water partition coefficient (Wildman–Crippen LogP) is 5.65. The van der Waals surface area contributed by atoms with Gasteiger partial charge in [0.25, 0.3) is 0 Å². The van der Waals surface area contributed by atoms with Gasteiger partial charge in [0.15, 0.2) is 0 Å². The van der Waals surface area contributed by atoms with E-state index < -0.39 is 0 Å². The Bertz CT molecular complexity index is 307. The summed E-state index contributed by atoms with van der Waals surface area (Å²) in [5.74, 6) is 0. The molecule has 0 radical (unpaired) electrons. The Hall–Kier alpha value is -0.820. The molecular formula is C19H33N. The lowest BCUT2D eigenvalue weighted by molar-refractivity contribution is 0.272. The maximum atomic E-state index is 2.56. The van der Waals surface area contributed by atoms with E-state index in [4.69, 9.17) is 0 Å². The van der Waals surface area contributed by atoms with Crippen LogP contribution >= 0.6 is 0 Å². The van der Waals surface area contributed by atoms with Crippen molar-refractivity contribution in [2.24, 2.45) is 0 Å². The number of nitrogens with zero attached hydrogens (tertiary/aromatic N) is 1. The molecule has 0 spiro atoms. The Kier molecular flexibility index (Phi) is 10.3. The first-order valence-electron chi connectivity index (χ1n) is 8.63. The summed E-state index contributed by atoms with van der Waals surface area (Å²) in [6, 6.07) is 10.8. The number of rotatable bonds is 12. The molecule has 0 saturated carbocycles. The van der Waals surface area contributed by atoms with Gasteiger partial charge in [0.1, 0.15) is 0 Å². The topological polar surface area (TPSA) is 3.24 Å². The van der Waals surface area contributed by atoms with Crippen LogP contribution in [0.3, 0.4) is 0 Å². The molecule has 0 heterocycles. The van der Waals surface area contributed by atoms with Gasteiger partial charge in [-0.2, -0.15) is 0 Å². The summed E-state index contributed by atoms with van der Waals surface area (Å²) >= 11 is 0. The van der Waals surface area contributed by atoms with Crippen molar-refractivity contribution in [3.8, 4) is 0 Å². The maximum Gasteiger partial charge on any atom is 0.0233 e. The molecule has 0 N–H and O–H groups in total. The van der Waals surface area contributed by atoms with E-state index in [1.807, 2.05) is 0 Å². The molecule has 0 bridgehead atoms. The molecule has 1 heteroatoms. The molecule has 0 aliphatic heterocycles. The highest BCUT2D eigenvalue weighted by atomic mass is 15.1. The van der Waals surface area contributed by atoms with Crippen molar-refractivity contribution in [1.82, 2.24) is 4.90 Å². The van der Waals surface area contributed by atoms with Gasteiger partial charge in [0.2, 0.25) is 0 Å². The van der Waals surface area contributed by atoms with Crippen LogP contribution in [0.5, 0.6) is 0 Å². The van der Waals surface area contributed by atoms with Gasteiger partial charge in [0.05, 0.1) is 0 Å². The molecular weight excluding hydrogens is 242 g/mol. The van der Waals surface area contributed by atoms with E-state index in [1.54, 1.807) is 0 Å². The van der Waals surface area contributed by atoms with E-state index in [-0.39, 0.29) is 0 Å². The second-order valence-corrected chi connectivity index (χ2v) is 5.83. The molecule has 20 heavy (non-hydrogen) atoms. The summed E-state index contributed by atoms with van der Waals surface area (Å²) in [6.45, 7) is 8.07. The SMILES string of the molecule is CCCCCCCCCCN(CC)Cc1ccccc1. The van der Waals surface area contributed by atoms with Crippen LogP contribution in [0.1, 0.15) is 70.8 Å². The van der Waals surface area contributed by atoms with Crippen LogP contribution < -0.4 is 0 Å². The zero-order chi connectivity index (χ0) is 14.5. The molecule has 0 fully saturated rings. The largest absolute Gasteiger partial charge is 0.299 e. The van der Waals surface area contributed by atoms with Gasteiger partial charge in [-0.05, 0) is 25.1 Å². The van der Waals surface area contributed by atoms with Crippen LogP contribution in [0.15, 0.2) is 30.3 Å². The third-order valence-electron chi connectivity index (χ3n) is 4.02. The predicted molar refractivity (Wildman–Crippen MR) is 90.0 cm³/mol. The van der Waals surface area contributed by atoms with Crippen molar-refractivity contribution in [2.75, 3.05) is 13.1 Å². The van der Waals surface area contributed by atoms with Crippen molar-refractivity contribution in [3.63, 3.8) is 0 Å². The Labute approximate surface area is 126 Å². The first kappa shape index (κ1) is 17.2. The average Bonchev–Trinajstić information content (AvgIpc) is 2.49. The monoisotopic (exact) mass is 275 g/mol. The lowest BCUT2D eigenvalue weighted by atomic mass is 10.1. The van der Waals surface area contributed by atoms with Crippen LogP contribution in [0, 0.1) is 0 Å². The zero-order valence-corrected chi connectivity index (χ0v) is 13.6. The minimum absolute atomic E-state index is 1.10. The molecule has 0 unspecified atom stereocenters. The average molecular weight is 275 g/mol. The molecule has 0 atom stereocenters. The lowest BCUT2D eigenvalue weighted by Gasteiger charge is -2.20. The Balaban J connectivity index is 2.04. The fraction of sp³-hybridized carbons (Fsp3) is 0.684. The quantitative estimate of drug-likeness (QED) is 0.446. The van der Waals surface area contributed by atoms with Crippen LogP contribution in [-0.2, 0) is 6.54 Å². The maximum absolute atomic E-state index is 2.56. The van der Waals surface area contributed by atoms with Crippen LogP contribution in [-0.4, -0.2) is 18.0 Å². The van der Waals surface area contributed by atoms with Gasteiger partial charge >= 0.3 is 0 Å². The van der Waals surface area contributed by atoms with Crippen LogP contribution in [0.4, 0.5) is 0 Å². The Morgan fingerprint density at radius 2 is 1.35 bits per heavy atom. The van der Waals surface area contributed by atoms with Gasteiger partial charge < -0.3 is 0 Å². The minimum Gasteiger partial charge on any atom is -0.299 e. The Morgan fingerprint density at radius 1 is 0.750 bits per heavy atom. The smallest absolute Gasteiger partial charge is 0.0233 e. The van der Waals surface area contributed by atoms with E-state index in [2.05, 4.69) is 49.1 Å². The van der Waals surface area contributed by atoms with Gasteiger partial charge in [0, 0.05) is 6.54 Å². The summed E-state index contributed by atoms with van der Waals surface area (Å²) in [5.41, 5.74) is 1.44. The third kappa shape index (κ3) is 8.37. The summed E-state index contributed by atoms with van der Waals surface area (Å²) in [7, 11) is 0. The number of hydrogen-bond donors (Lipinski definition) is 0. The highest BCUT2D eigenvalue weighted by Crippen LogP contribution is 2.10. The molecule has 0 aliphatic carbocycles. The van der Waals surface area contributed by atoms with Crippen LogP contribution in [0.2, 0.25) is 0 Å². The molecule has 1 aromatic carbocycles. The fourth-order valence-corrected chi connectivity index (χ4v) is 2.66. The summed E-state index contributed by atoms with van der Waals surface area (Å²) in [6.07, 6.45) is 11.3. The first-order chi connectivity index (χ1) is 9.86. The van der Waals surface area contributed by atoms with E-state index in [0.717, 1.165) is 13.1 Å². The highest BCUT2D eigenvalue weighted by molar-refractivity contribution is 5.14. The molecule has 114 valence electrons. The summed E-state index contributed by atoms with van der Waals surface area (Å²) < 4.78 is 0. The van der Waals surface area contributed by atoms with Crippen molar-refractivity contribution < 1.29 is 0 Å². The molecule has 0 amide bonds. The normalized spacial score (nSPS) is 11.2. The van der Waals surface area contributed by atoms with Gasteiger partial charge in [-0.15, -0.1) is 0 Å². The standard InChI is InChI=1S/C19H33N/c1-3-5-6-7-8-9-10-14-17-20(4-2)18-19-15-12-11-13-16-19/h11-13,15-16H,3-10,14,17-18H2,1-2H3. The molecule has 0 aliphatic rings. The number of hydrogen-bond acceptors (Lipinski definition) is 1. The fourth-order valence-electron chi connectivity index (χ4n) is 2.66. The first-order valence-corrected chi connectivity index (χ1v) is 8.63. The van der Waals surface area contributed by atoms with E-state index in [0.29, 0.717) is 0 Å². The van der Waals surface area contributed by atoms with E-state index >= 15 is 0 Å². The lowest BCUT2D eigenvalue weighted by Crippen LogP contribution is -2.23.